The maximum Gasteiger partial charge on any atom is 0.0103 e. The molecule has 0 aliphatic rings. The van der Waals surface area contributed by atoms with Crippen molar-refractivity contribution < 1.29 is 0 Å². The molecule has 52 valence electrons. The Kier molecular flexibility index (Phi) is 5.78. The van der Waals surface area contributed by atoms with Crippen molar-refractivity contribution in [3.8, 4) is 0 Å². The predicted octanol–water partition coefficient (Wildman–Crippen LogP) is 1.77. The topological polar surface area (TPSA) is 26.0 Å². The van der Waals surface area contributed by atoms with Gasteiger partial charge in [0.1, 0.15) is 0 Å². The van der Waals surface area contributed by atoms with Gasteiger partial charge in [0.2, 0.25) is 0 Å². The van der Waals surface area contributed by atoms with Crippen LogP contribution in [0.15, 0.2) is 23.6 Å². The maximum absolute atomic E-state index is 5.29. The molecule has 2 N–H and O–H groups in total. The molecule has 0 saturated heterocycles. The standard InChI is InChI=1S/C7H13NS/c1-3-4-7(2)9-6-5-8/h3-4H,2,5-6,8H2,1H3/b4-3-. The lowest BCUT2D eigenvalue weighted by Gasteiger charge is -1.94. The second-order valence-corrected chi connectivity index (χ2v) is 2.82. The average molecular weight is 143 g/mol. The van der Waals surface area contributed by atoms with Gasteiger partial charge in [-0.2, -0.15) is 0 Å². The zero-order valence-electron chi connectivity index (χ0n) is 5.76. The van der Waals surface area contributed by atoms with Gasteiger partial charge in [-0.1, -0.05) is 18.7 Å². The number of rotatable bonds is 4. The lowest BCUT2D eigenvalue weighted by molar-refractivity contribution is 1.15. The first-order valence-corrected chi connectivity index (χ1v) is 3.94. The highest BCUT2D eigenvalue weighted by atomic mass is 32.2. The van der Waals surface area contributed by atoms with Gasteiger partial charge in [-0.3, -0.25) is 0 Å². The summed E-state index contributed by atoms with van der Waals surface area (Å²) in [6, 6.07) is 0. The van der Waals surface area contributed by atoms with E-state index >= 15 is 0 Å². The molecule has 1 nitrogen and oxygen atoms in total. The van der Waals surface area contributed by atoms with Gasteiger partial charge in [-0.25, -0.2) is 0 Å². The Morgan fingerprint density at radius 2 is 2.44 bits per heavy atom. The van der Waals surface area contributed by atoms with Crippen molar-refractivity contribution in [1.82, 2.24) is 0 Å². The lowest BCUT2D eigenvalue weighted by atomic mass is 10.5. The van der Waals surface area contributed by atoms with Gasteiger partial charge in [0.15, 0.2) is 0 Å². The molecule has 0 aromatic carbocycles. The highest BCUT2D eigenvalue weighted by Crippen LogP contribution is 2.12. The summed E-state index contributed by atoms with van der Waals surface area (Å²) in [4.78, 5) is 1.09. The van der Waals surface area contributed by atoms with Crippen molar-refractivity contribution in [2.75, 3.05) is 12.3 Å². The zero-order chi connectivity index (χ0) is 7.11. The van der Waals surface area contributed by atoms with Crippen LogP contribution in [-0.4, -0.2) is 12.3 Å². The van der Waals surface area contributed by atoms with E-state index in [4.69, 9.17) is 5.73 Å². The summed E-state index contributed by atoms with van der Waals surface area (Å²) in [5.74, 6) is 0.961. The third kappa shape index (κ3) is 5.66. The first kappa shape index (κ1) is 8.79. The largest absolute Gasteiger partial charge is 0.330 e. The average Bonchev–Trinajstić information content (AvgIpc) is 1.85. The van der Waals surface area contributed by atoms with Crippen molar-refractivity contribution in [3.63, 3.8) is 0 Å². The van der Waals surface area contributed by atoms with Crippen LogP contribution in [0.1, 0.15) is 6.92 Å². The summed E-state index contributed by atoms with van der Waals surface area (Å²) in [5.41, 5.74) is 5.29. The van der Waals surface area contributed by atoms with E-state index in [1.54, 1.807) is 11.8 Å². The van der Waals surface area contributed by atoms with Gasteiger partial charge in [-0.15, -0.1) is 11.8 Å². The van der Waals surface area contributed by atoms with Crippen LogP contribution in [0.2, 0.25) is 0 Å². The maximum atomic E-state index is 5.29. The molecule has 0 aliphatic carbocycles. The summed E-state index contributed by atoms with van der Waals surface area (Å²) < 4.78 is 0. The third-order valence-electron chi connectivity index (χ3n) is 0.758. The summed E-state index contributed by atoms with van der Waals surface area (Å²) in [6.07, 6.45) is 3.96. The zero-order valence-corrected chi connectivity index (χ0v) is 6.58. The van der Waals surface area contributed by atoms with Gasteiger partial charge in [0.05, 0.1) is 0 Å². The van der Waals surface area contributed by atoms with E-state index in [-0.39, 0.29) is 0 Å². The van der Waals surface area contributed by atoms with Gasteiger partial charge < -0.3 is 5.73 Å². The first-order valence-electron chi connectivity index (χ1n) is 2.95. The molecule has 0 radical (unpaired) electrons. The molecule has 0 saturated carbocycles. The minimum atomic E-state index is 0.723. The summed E-state index contributed by atoms with van der Waals surface area (Å²) in [7, 11) is 0. The Morgan fingerprint density at radius 1 is 1.78 bits per heavy atom. The van der Waals surface area contributed by atoms with Gasteiger partial charge in [-0.05, 0) is 11.8 Å². The molecule has 0 aromatic heterocycles. The molecule has 0 aliphatic heterocycles. The molecule has 0 bridgehead atoms. The molecular weight excluding hydrogens is 130 g/mol. The van der Waals surface area contributed by atoms with Crippen LogP contribution >= 0.6 is 11.8 Å². The van der Waals surface area contributed by atoms with E-state index in [1.165, 1.54) is 0 Å². The SMILES string of the molecule is C=C(/C=C\C)SCCN. The van der Waals surface area contributed by atoms with Crippen molar-refractivity contribution in [2.45, 2.75) is 6.92 Å². The Balaban J connectivity index is 3.27. The number of nitrogens with two attached hydrogens (primary N) is 1. The molecule has 0 spiro atoms. The summed E-state index contributed by atoms with van der Waals surface area (Å²) in [6.45, 7) is 6.51. The van der Waals surface area contributed by atoms with E-state index in [1.807, 2.05) is 19.1 Å². The molecule has 0 aromatic rings. The lowest BCUT2D eigenvalue weighted by Crippen LogP contribution is -2.00. The highest BCUT2D eigenvalue weighted by molar-refractivity contribution is 8.03. The van der Waals surface area contributed by atoms with Crippen molar-refractivity contribution in [1.29, 1.82) is 0 Å². The summed E-state index contributed by atoms with van der Waals surface area (Å²) >= 11 is 1.69. The fourth-order valence-corrected chi connectivity index (χ4v) is 1.04. The predicted molar refractivity (Wildman–Crippen MR) is 45.5 cm³/mol. The number of thioether (sulfide) groups is 1. The van der Waals surface area contributed by atoms with E-state index in [0.29, 0.717) is 0 Å². The second kappa shape index (κ2) is 5.92. The fourth-order valence-electron chi connectivity index (χ4n) is 0.424. The van der Waals surface area contributed by atoms with Crippen LogP contribution in [0.25, 0.3) is 0 Å². The van der Waals surface area contributed by atoms with E-state index in [0.717, 1.165) is 17.2 Å². The van der Waals surface area contributed by atoms with Crippen LogP contribution in [0, 0.1) is 0 Å². The minimum absolute atomic E-state index is 0.723. The Bertz CT molecular complexity index is 107. The molecule has 0 unspecified atom stereocenters. The normalized spacial score (nSPS) is 10.4. The quantitative estimate of drug-likeness (QED) is 0.607. The van der Waals surface area contributed by atoms with Gasteiger partial charge >= 0.3 is 0 Å². The molecule has 0 heterocycles. The molecular formula is C7H13NS. The van der Waals surface area contributed by atoms with Crippen LogP contribution in [0.4, 0.5) is 0 Å². The molecule has 2 heteroatoms. The Morgan fingerprint density at radius 3 is 2.89 bits per heavy atom. The number of hydrogen-bond acceptors (Lipinski definition) is 2. The molecule has 0 amide bonds. The van der Waals surface area contributed by atoms with Crippen molar-refractivity contribution in [2.24, 2.45) is 5.73 Å². The second-order valence-electron chi connectivity index (χ2n) is 1.60. The van der Waals surface area contributed by atoms with Crippen LogP contribution in [0.3, 0.4) is 0 Å². The Labute approximate surface area is 61.0 Å². The highest BCUT2D eigenvalue weighted by Gasteiger charge is 1.85. The monoisotopic (exact) mass is 143 g/mol. The number of allylic oxidation sites excluding steroid dienone is 2. The van der Waals surface area contributed by atoms with Crippen molar-refractivity contribution >= 4 is 11.8 Å². The molecule has 0 atom stereocenters. The Hall–Kier alpha value is -0.210. The van der Waals surface area contributed by atoms with Gasteiger partial charge in [0, 0.05) is 12.3 Å². The molecule has 0 rings (SSSR count). The molecule has 0 fully saturated rings. The van der Waals surface area contributed by atoms with Crippen LogP contribution in [-0.2, 0) is 0 Å². The van der Waals surface area contributed by atoms with Crippen molar-refractivity contribution in [3.05, 3.63) is 23.6 Å². The van der Waals surface area contributed by atoms with Crippen LogP contribution in [0.5, 0.6) is 0 Å². The number of hydrogen-bond donors (Lipinski definition) is 1. The van der Waals surface area contributed by atoms with Crippen LogP contribution < -0.4 is 5.73 Å². The minimum Gasteiger partial charge on any atom is -0.330 e. The smallest absolute Gasteiger partial charge is 0.0103 e. The molecule has 9 heavy (non-hydrogen) atoms. The van der Waals surface area contributed by atoms with Gasteiger partial charge in [0.25, 0.3) is 0 Å². The fraction of sp³-hybridized carbons (Fsp3) is 0.429. The third-order valence-corrected chi connectivity index (χ3v) is 1.70. The summed E-state index contributed by atoms with van der Waals surface area (Å²) in [5, 5.41) is 0. The first-order chi connectivity index (χ1) is 4.31. The van der Waals surface area contributed by atoms with E-state index in [9.17, 15) is 0 Å². The van der Waals surface area contributed by atoms with E-state index in [2.05, 4.69) is 6.58 Å². The van der Waals surface area contributed by atoms with E-state index < -0.39 is 0 Å².